The van der Waals surface area contributed by atoms with Crippen molar-refractivity contribution in [3.05, 3.63) is 35.3 Å². The molecule has 4 heteroatoms. The Kier molecular flexibility index (Phi) is 2.18. The number of nitrogens with zero attached hydrogens (tertiary/aromatic N) is 3. The van der Waals surface area contributed by atoms with Crippen molar-refractivity contribution >= 4 is 5.95 Å². The fourth-order valence-electron chi connectivity index (χ4n) is 2.20. The first-order valence-electron chi connectivity index (χ1n) is 5.95. The summed E-state index contributed by atoms with van der Waals surface area (Å²) >= 11 is 0. The van der Waals surface area contributed by atoms with Crippen molar-refractivity contribution in [3.63, 3.8) is 0 Å². The van der Waals surface area contributed by atoms with E-state index in [0.717, 1.165) is 11.5 Å². The monoisotopic (exact) mass is 228 g/mol. The molecule has 2 heterocycles. The van der Waals surface area contributed by atoms with Crippen LogP contribution in [0.25, 0.3) is 5.82 Å². The normalized spacial score (nSPS) is 15.2. The zero-order chi connectivity index (χ0) is 12.0. The standard InChI is InChI=1S/C13H16N4/c1-8-3-4-9(2)17(8)12-7-11(10-5-6-10)15-13(14)16-12/h3-4,7,10H,5-6H2,1-2H3,(H2,14,15,16). The first-order chi connectivity index (χ1) is 8.15. The molecule has 0 aliphatic heterocycles. The molecule has 0 aromatic carbocycles. The van der Waals surface area contributed by atoms with Crippen LogP contribution in [0.15, 0.2) is 18.2 Å². The Morgan fingerprint density at radius 2 is 1.82 bits per heavy atom. The highest BCUT2D eigenvalue weighted by Gasteiger charge is 2.26. The molecule has 0 radical (unpaired) electrons. The molecule has 2 aromatic rings. The van der Waals surface area contributed by atoms with E-state index in [-0.39, 0.29) is 0 Å². The predicted octanol–water partition coefficient (Wildman–Crippen LogP) is 2.34. The molecule has 1 fully saturated rings. The zero-order valence-corrected chi connectivity index (χ0v) is 10.1. The fourth-order valence-corrected chi connectivity index (χ4v) is 2.20. The van der Waals surface area contributed by atoms with Gasteiger partial charge in [-0.05, 0) is 38.8 Å². The molecule has 0 unspecified atom stereocenters. The van der Waals surface area contributed by atoms with Gasteiger partial charge in [0.15, 0.2) is 0 Å². The van der Waals surface area contributed by atoms with Crippen molar-refractivity contribution in [1.82, 2.24) is 14.5 Å². The molecule has 1 aliphatic carbocycles. The second kappa shape index (κ2) is 3.58. The number of aromatic nitrogens is 3. The third-order valence-corrected chi connectivity index (χ3v) is 3.25. The van der Waals surface area contributed by atoms with Crippen molar-refractivity contribution in [2.75, 3.05) is 5.73 Å². The highest BCUT2D eigenvalue weighted by molar-refractivity contribution is 5.38. The lowest BCUT2D eigenvalue weighted by atomic mass is 10.2. The molecule has 0 saturated heterocycles. The van der Waals surface area contributed by atoms with Gasteiger partial charge in [-0.25, -0.2) is 4.98 Å². The first kappa shape index (κ1) is 10.3. The van der Waals surface area contributed by atoms with E-state index in [1.807, 2.05) is 0 Å². The largest absolute Gasteiger partial charge is 0.368 e. The number of anilines is 1. The van der Waals surface area contributed by atoms with Crippen molar-refractivity contribution in [2.24, 2.45) is 0 Å². The van der Waals surface area contributed by atoms with Crippen LogP contribution in [0, 0.1) is 13.8 Å². The van der Waals surface area contributed by atoms with Gasteiger partial charge in [0.2, 0.25) is 5.95 Å². The Morgan fingerprint density at radius 3 is 2.41 bits per heavy atom. The Bertz CT molecular complexity index is 547. The lowest BCUT2D eigenvalue weighted by molar-refractivity contribution is 0.891. The molecular weight excluding hydrogens is 212 g/mol. The highest BCUT2D eigenvalue weighted by Crippen LogP contribution is 2.39. The van der Waals surface area contributed by atoms with Gasteiger partial charge in [0, 0.05) is 23.4 Å². The van der Waals surface area contributed by atoms with Gasteiger partial charge in [-0.3, -0.25) is 0 Å². The summed E-state index contributed by atoms with van der Waals surface area (Å²) in [5.74, 6) is 1.85. The molecule has 17 heavy (non-hydrogen) atoms. The average molecular weight is 228 g/mol. The van der Waals surface area contributed by atoms with Gasteiger partial charge in [0.25, 0.3) is 0 Å². The molecule has 88 valence electrons. The maximum absolute atomic E-state index is 5.80. The van der Waals surface area contributed by atoms with Crippen LogP contribution in [-0.2, 0) is 0 Å². The number of rotatable bonds is 2. The third-order valence-electron chi connectivity index (χ3n) is 3.25. The van der Waals surface area contributed by atoms with Crippen molar-refractivity contribution in [2.45, 2.75) is 32.6 Å². The van der Waals surface area contributed by atoms with Crippen LogP contribution in [-0.4, -0.2) is 14.5 Å². The Morgan fingerprint density at radius 1 is 1.18 bits per heavy atom. The summed E-state index contributed by atoms with van der Waals surface area (Å²) in [4.78, 5) is 8.66. The summed E-state index contributed by atoms with van der Waals surface area (Å²) in [7, 11) is 0. The van der Waals surface area contributed by atoms with Gasteiger partial charge in [0.05, 0.1) is 5.69 Å². The molecule has 0 bridgehead atoms. The van der Waals surface area contributed by atoms with Crippen molar-refractivity contribution < 1.29 is 0 Å². The summed E-state index contributed by atoms with van der Waals surface area (Å²) in [5.41, 5.74) is 9.22. The number of aryl methyl sites for hydroxylation is 2. The Labute approximate surface area is 101 Å². The first-order valence-corrected chi connectivity index (χ1v) is 5.95. The van der Waals surface area contributed by atoms with Crippen LogP contribution in [0.3, 0.4) is 0 Å². The average Bonchev–Trinajstić information content (AvgIpc) is 3.05. The van der Waals surface area contributed by atoms with Gasteiger partial charge >= 0.3 is 0 Å². The number of nitrogen functional groups attached to an aromatic ring is 1. The predicted molar refractivity (Wildman–Crippen MR) is 67.2 cm³/mol. The lowest BCUT2D eigenvalue weighted by Gasteiger charge is -2.10. The van der Waals surface area contributed by atoms with E-state index >= 15 is 0 Å². The zero-order valence-electron chi connectivity index (χ0n) is 10.1. The Hall–Kier alpha value is -1.84. The van der Waals surface area contributed by atoms with Crippen LogP contribution >= 0.6 is 0 Å². The SMILES string of the molecule is Cc1ccc(C)n1-c1cc(C2CC2)nc(N)n1. The van der Waals surface area contributed by atoms with Gasteiger partial charge in [-0.15, -0.1) is 0 Å². The van der Waals surface area contributed by atoms with Gasteiger partial charge in [0.1, 0.15) is 5.82 Å². The van der Waals surface area contributed by atoms with Gasteiger partial charge in [-0.1, -0.05) is 0 Å². The quantitative estimate of drug-likeness (QED) is 0.858. The second-order valence-corrected chi connectivity index (χ2v) is 4.73. The molecule has 0 spiro atoms. The van der Waals surface area contributed by atoms with Crippen molar-refractivity contribution in [1.29, 1.82) is 0 Å². The molecule has 0 amide bonds. The smallest absolute Gasteiger partial charge is 0.222 e. The summed E-state index contributed by atoms with van der Waals surface area (Å²) in [6.45, 7) is 4.14. The maximum atomic E-state index is 5.80. The number of nitrogens with two attached hydrogens (primary N) is 1. The minimum atomic E-state index is 0.372. The molecule has 3 rings (SSSR count). The summed E-state index contributed by atoms with van der Waals surface area (Å²) < 4.78 is 2.11. The van der Waals surface area contributed by atoms with Crippen LogP contribution < -0.4 is 5.73 Å². The van der Waals surface area contributed by atoms with Crippen LogP contribution in [0.5, 0.6) is 0 Å². The Balaban J connectivity index is 2.14. The molecule has 4 nitrogen and oxygen atoms in total. The molecule has 1 saturated carbocycles. The van der Waals surface area contributed by atoms with E-state index in [0.29, 0.717) is 11.9 Å². The number of hydrogen-bond donors (Lipinski definition) is 1. The molecule has 1 aliphatic rings. The minimum absolute atomic E-state index is 0.372. The van der Waals surface area contributed by atoms with E-state index in [1.54, 1.807) is 0 Å². The summed E-state index contributed by atoms with van der Waals surface area (Å²) in [6.07, 6.45) is 2.44. The lowest BCUT2D eigenvalue weighted by Crippen LogP contribution is -2.07. The topological polar surface area (TPSA) is 56.7 Å². The number of hydrogen-bond acceptors (Lipinski definition) is 3. The van der Waals surface area contributed by atoms with Gasteiger partial charge in [-0.2, -0.15) is 4.98 Å². The molecular formula is C13H16N4. The molecule has 0 atom stereocenters. The summed E-state index contributed by atoms with van der Waals surface area (Å²) in [5, 5.41) is 0. The fraction of sp³-hybridized carbons (Fsp3) is 0.385. The van der Waals surface area contributed by atoms with Crippen LogP contribution in [0.1, 0.15) is 35.8 Å². The molecule has 2 aromatic heterocycles. The van der Waals surface area contributed by atoms with Crippen LogP contribution in [0.4, 0.5) is 5.95 Å². The third kappa shape index (κ3) is 1.79. The summed E-state index contributed by atoms with van der Waals surface area (Å²) in [6, 6.07) is 6.24. The van der Waals surface area contributed by atoms with E-state index in [1.165, 1.54) is 24.2 Å². The van der Waals surface area contributed by atoms with E-state index in [9.17, 15) is 0 Å². The van der Waals surface area contributed by atoms with Crippen LogP contribution in [0.2, 0.25) is 0 Å². The second-order valence-electron chi connectivity index (χ2n) is 4.73. The van der Waals surface area contributed by atoms with Gasteiger partial charge < -0.3 is 10.3 Å². The van der Waals surface area contributed by atoms with E-state index < -0.39 is 0 Å². The molecule has 2 N–H and O–H groups in total. The van der Waals surface area contributed by atoms with E-state index in [4.69, 9.17) is 5.73 Å². The minimum Gasteiger partial charge on any atom is -0.368 e. The van der Waals surface area contributed by atoms with E-state index in [2.05, 4.69) is 46.6 Å². The highest BCUT2D eigenvalue weighted by atomic mass is 15.1. The van der Waals surface area contributed by atoms with Crippen molar-refractivity contribution in [3.8, 4) is 5.82 Å². The maximum Gasteiger partial charge on any atom is 0.222 e.